The van der Waals surface area contributed by atoms with E-state index in [0.717, 1.165) is 41.9 Å². The van der Waals surface area contributed by atoms with Crippen molar-refractivity contribution >= 4 is 28.7 Å². The summed E-state index contributed by atoms with van der Waals surface area (Å²) in [4.78, 5) is 21.2. The predicted octanol–water partition coefficient (Wildman–Crippen LogP) is 2.90. The third-order valence-corrected chi connectivity index (χ3v) is 6.51. The molecule has 0 bridgehead atoms. The van der Waals surface area contributed by atoms with Gasteiger partial charge >= 0.3 is 0 Å². The Morgan fingerprint density at radius 2 is 2.11 bits per heavy atom. The van der Waals surface area contributed by atoms with Crippen LogP contribution in [-0.2, 0) is 4.79 Å². The van der Waals surface area contributed by atoms with Crippen LogP contribution in [0.3, 0.4) is 0 Å². The van der Waals surface area contributed by atoms with Crippen LogP contribution in [0.25, 0.3) is 11.0 Å². The summed E-state index contributed by atoms with van der Waals surface area (Å²) in [6.45, 7) is 0. The highest BCUT2D eigenvalue weighted by Crippen LogP contribution is 2.30. The van der Waals surface area contributed by atoms with E-state index >= 15 is 0 Å². The minimum Gasteiger partial charge on any atom is -0.345 e. The zero-order chi connectivity index (χ0) is 18.6. The lowest BCUT2D eigenvalue weighted by Gasteiger charge is -2.23. The quantitative estimate of drug-likeness (QED) is 0.613. The van der Waals surface area contributed by atoms with Crippen LogP contribution in [-0.4, -0.2) is 40.0 Å². The summed E-state index contributed by atoms with van der Waals surface area (Å²) in [6, 6.07) is 8.18. The van der Waals surface area contributed by atoms with Crippen LogP contribution < -0.4 is 16.2 Å². The summed E-state index contributed by atoms with van der Waals surface area (Å²) >= 11 is 1.79. The second kappa shape index (κ2) is 8.63. The van der Waals surface area contributed by atoms with Gasteiger partial charge in [0.15, 0.2) is 0 Å². The largest absolute Gasteiger partial charge is 0.345 e. The second-order valence-electron chi connectivity index (χ2n) is 7.66. The van der Waals surface area contributed by atoms with Gasteiger partial charge in [0.25, 0.3) is 0 Å². The molecule has 2 aliphatic rings. The maximum Gasteiger partial charge on any atom is 0.239 e. The van der Waals surface area contributed by atoms with Crippen molar-refractivity contribution in [3.8, 4) is 0 Å². The van der Waals surface area contributed by atoms with Crippen molar-refractivity contribution in [2.45, 2.75) is 56.7 Å². The number of amides is 1. The second-order valence-corrected chi connectivity index (χ2v) is 8.64. The highest BCUT2D eigenvalue weighted by atomic mass is 32.2. The van der Waals surface area contributed by atoms with Gasteiger partial charge in [-0.1, -0.05) is 31.4 Å². The maximum absolute atomic E-state index is 13.1. The number of hydrogen-bond donors (Lipinski definition) is 4. The Balaban J connectivity index is 1.50. The molecule has 1 aliphatic carbocycles. The molecular formula is C20H29N5OS. The Morgan fingerprint density at radius 3 is 2.96 bits per heavy atom. The molecule has 0 radical (unpaired) electrons. The van der Waals surface area contributed by atoms with E-state index in [1.165, 1.54) is 19.3 Å². The van der Waals surface area contributed by atoms with Gasteiger partial charge in [-0.25, -0.2) is 10.4 Å². The molecule has 1 aromatic carbocycles. The lowest BCUT2D eigenvalue weighted by Crippen LogP contribution is -2.47. The molecular weight excluding hydrogens is 358 g/mol. The first-order valence-electron chi connectivity index (χ1n) is 10.0. The van der Waals surface area contributed by atoms with E-state index in [0.29, 0.717) is 12.0 Å². The van der Waals surface area contributed by atoms with E-state index in [1.807, 2.05) is 24.3 Å². The number of rotatable bonds is 6. The molecule has 7 heteroatoms. The summed E-state index contributed by atoms with van der Waals surface area (Å²) in [7, 11) is 0. The molecule has 6 nitrogen and oxygen atoms in total. The molecule has 4 rings (SSSR count). The van der Waals surface area contributed by atoms with E-state index in [1.54, 1.807) is 11.8 Å². The van der Waals surface area contributed by atoms with Gasteiger partial charge in [0, 0.05) is 12.0 Å². The number of fused-ring (bicyclic) bond motifs is 2. The summed E-state index contributed by atoms with van der Waals surface area (Å²) in [5.74, 6) is 2.29. The maximum atomic E-state index is 13.1. The number of imidazole rings is 1. The number of aromatic nitrogens is 2. The average Bonchev–Trinajstić information content (AvgIpc) is 3.22. The fraction of sp³-hybridized carbons (Fsp3) is 0.600. The number of nitrogens with zero attached hydrogens (tertiary/aromatic N) is 1. The van der Waals surface area contributed by atoms with Gasteiger partial charge in [0.1, 0.15) is 11.9 Å². The van der Waals surface area contributed by atoms with E-state index < -0.39 is 0 Å². The molecule has 2 fully saturated rings. The Kier molecular flexibility index (Phi) is 6.00. The molecule has 4 unspecified atom stereocenters. The van der Waals surface area contributed by atoms with Crippen LogP contribution in [0.4, 0.5) is 0 Å². The van der Waals surface area contributed by atoms with Crippen molar-refractivity contribution in [3.63, 3.8) is 0 Å². The Hall–Kier alpha value is -1.57. The molecule has 2 aromatic rings. The molecule has 2 heterocycles. The first-order chi connectivity index (χ1) is 13.3. The van der Waals surface area contributed by atoms with Crippen LogP contribution in [0, 0.1) is 5.92 Å². The van der Waals surface area contributed by atoms with Crippen molar-refractivity contribution in [3.05, 3.63) is 30.1 Å². The van der Waals surface area contributed by atoms with Gasteiger partial charge in [-0.15, -0.1) is 0 Å². The van der Waals surface area contributed by atoms with Crippen LogP contribution in [0.5, 0.6) is 0 Å². The van der Waals surface area contributed by atoms with Crippen molar-refractivity contribution in [2.24, 2.45) is 5.92 Å². The van der Waals surface area contributed by atoms with Gasteiger partial charge in [-0.2, -0.15) is 11.8 Å². The number of carbonyl (C=O) groups is 1. The number of H-pyrrole nitrogens is 1. The fourth-order valence-electron chi connectivity index (χ4n) is 4.39. The zero-order valence-corrected chi connectivity index (χ0v) is 16.6. The Morgan fingerprint density at radius 1 is 1.26 bits per heavy atom. The van der Waals surface area contributed by atoms with Crippen LogP contribution in [0.1, 0.15) is 50.4 Å². The lowest BCUT2D eigenvalue weighted by molar-refractivity contribution is -0.124. The summed E-state index contributed by atoms with van der Waals surface area (Å²) in [5.41, 5.74) is 8.60. The number of hydrogen-bond acceptors (Lipinski definition) is 5. The SMILES string of the molecule is CSCCC(NC(=O)C1NNC2CCCCCC21)c1nc2ccccc2[nH]1. The summed E-state index contributed by atoms with van der Waals surface area (Å²) < 4.78 is 0. The van der Waals surface area contributed by atoms with Crippen molar-refractivity contribution < 1.29 is 4.79 Å². The molecule has 4 atom stereocenters. The van der Waals surface area contributed by atoms with Crippen LogP contribution in [0.15, 0.2) is 24.3 Å². The molecule has 1 aliphatic heterocycles. The minimum absolute atomic E-state index is 0.0865. The topological polar surface area (TPSA) is 81.8 Å². The highest BCUT2D eigenvalue weighted by molar-refractivity contribution is 7.98. The number of para-hydroxylation sites is 2. The third-order valence-electron chi connectivity index (χ3n) is 5.87. The number of aromatic amines is 1. The summed E-state index contributed by atoms with van der Waals surface area (Å²) in [6.07, 6.45) is 8.96. The number of thioether (sulfide) groups is 1. The lowest BCUT2D eigenvalue weighted by atomic mass is 9.89. The first kappa shape index (κ1) is 18.8. The van der Waals surface area contributed by atoms with Crippen molar-refractivity contribution in [2.75, 3.05) is 12.0 Å². The predicted molar refractivity (Wildman–Crippen MR) is 110 cm³/mol. The Bertz CT molecular complexity index is 746. The Labute approximate surface area is 164 Å². The number of benzene rings is 1. The van der Waals surface area contributed by atoms with Gasteiger partial charge in [0.05, 0.1) is 17.1 Å². The first-order valence-corrected chi connectivity index (χ1v) is 11.4. The molecule has 1 saturated heterocycles. The number of carbonyl (C=O) groups excluding carboxylic acids is 1. The molecule has 1 aromatic heterocycles. The van der Waals surface area contributed by atoms with E-state index in [-0.39, 0.29) is 18.0 Å². The van der Waals surface area contributed by atoms with E-state index in [9.17, 15) is 4.79 Å². The molecule has 1 saturated carbocycles. The summed E-state index contributed by atoms with van der Waals surface area (Å²) in [5, 5.41) is 3.28. The van der Waals surface area contributed by atoms with Crippen LogP contribution >= 0.6 is 11.8 Å². The van der Waals surface area contributed by atoms with Crippen molar-refractivity contribution in [1.82, 2.24) is 26.1 Å². The number of nitrogens with one attached hydrogen (secondary N) is 4. The molecule has 1 amide bonds. The zero-order valence-electron chi connectivity index (χ0n) is 15.8. The van der Waals surface area contributed by atoms with Gasteiger partial charge in [-0.3, -0.25) is 10.2 Å². The van der Waals surface area contributed by atoms with Crippen molar-refractivity contribution in [1.29, 1.82) is 0 Å². The van der Waals surface area contributed by atoms with Crippen LogP contribution in [0.2, 0.25) is 0 Å². The molecule has 0 spiro atoms. The highest BCUT2D eigenvalue weighted by Gasteiger charge is 2.40. The van der Waals surface area contributed by atoms with Gasteiger partial charge in [-0.05, 0) is 43.4 Å². The van der Waals surface area contributed by atoms with E-state index in [4.69, 9.17) is 4.98 Å². The van der Waals surface area contributed by atoms with E-state index in [2.05, 4.69) is 27.4 Å². The number of hydrazine groups is 1. The minimum atomic E-state index is -0.158. The molecule has 4 N–H and O–H groups in total. The molecule has 146 valence electrons. The smallest absolute Gasteiger partial charge is 0.239 e. The third kappa shape index (κ3) is 4.15. The van der Waals surface area contributed by atoms with Gasteiger partial charge < -0.3 is 10.3 Å². The average molecular weight is 388 g/mol. The van der Waals surface area contributed by atoms with Gasteiger partial charge in [0.2, 0.25) is 5.91 Å². The monoisotopic (exact) mass is 387 g/mol. The fourth-order valence-corrected chi connectivity index (χ4v) is 4.86. The standard InChI is InChI=1S/C20H29N5OS/c1-27-12-11-17(19-21-15-9-5-6-10-16(15)22-19)23-20(26)18-13-7-3-2-4-8-14(13)24-25-18/h5-6,9-10,13-14,17-18,24-25H,2-4,7-8,11-12H2,1H3,(H,21,22)(H,23,26). The normalized spacial score (nSPS) is 26.5. The molecule has 27 heavy (non-hydrogen) atoms.